The van der Waals surface area contributed by atoms with E-state index in [2.05, 4.69) is 49.8 Å². The van der Waals surface area contributed by atoms with Crippen molar-refractivity contribution in [3.8, 4) is 0 Å². The van der Waals surface area contributed by atoms with Crippen molar-refractivity contribution in [2.75, 3.05) is 0 Å². The van der Waals surface area contributed by atoms with Gasteiger partial charge < -0.3 is 9.72 Å². The molecule has 1 aromatic rings. The molecule has 2 rings (SSSR count). The zero-order chi connectivity index (χ0) is 15.6. The minimum atomic E-state index is -0.285. The summed E-state index contributed by atoms with van der Waals surface area (Å²) in [6.45, 7) is 10.4. The van der Waals surface area contributed by atoms with Gasteiger partial charge >= 0.3 is 5.97 Å². The highest BCUT2D eigenvalue weighted by atomic mass is 32.2. The third kappa shape index (κ3) is 3.59. The van der Waals surface area contributed by atoms with E-state index in [-0.39, 0.29) is 17.3 Å². The molecule has 2 atom stereocenters. The van der Waals surface area contributed by atoms with Crippen LogP contribution in [0.1, 0.15) is 40.3 Å². The molecule has 4 nitrogen and oxygen atoms in total. The van der Waals surface area contributed by atoms with Crippen molar-refractivity contribution < 1.29 is 9.53 Å². The normalized spacial score (nSPS) is 25.3. The van der Waals surface area contributed by atoms with Gasteiger partial charge in [-0.05, 0) is 26.7 Å². The standard InChI is InChI=1S/C16H22N2O2S/c1-10-6-11(2)12(3)16(5,7-10)21-15-14(17-9-18-15)8-20-13(4)19/h6-7,9,12H,8H2,1-5H3,(H,17,18). The Hall–Kier alpha value is -1.49. The smallest absolute Gasteiger partial charge is 0.303 e. The number of rotatable bonds is 4. The number of carbonyl (C=O) groups is 1. The number of H-pyrrole nitrogens is 1. The average Bonchev–Trinajstić information content (AvgIpc) is 2.80. The molecule has 21 heavy (non-hydrogen) atoms. The van der Waals surface area contributed by atoms with E-state index >= 15 is 0 Å². The number of carbonyl (C=O) groups excluding carboxylic acids is 1. The lowest BCUT2D eigenvalue weighted by Crippen LogP contribution is -2.30. The van der Waals surface area contributed by atoms with E-state index in [0.717, 1.165) is 10.7 Å². The summed E-state index contributed by atoms with van der Waals surface area (Å²) in [5, 5.41) is 0.893. The Kier molecular flexibility index (Phi) is 4.61. The van der Waals surface area contributed by atoms with Gasteiger partial charge in [0, 0.05) is 11.7 Å². The van der Waals surface area contributed by atoms with Crippen LogP contribution in [0.15, 0.2) is 34.7 Å². The molecule has 0 bridgehead atoms. The minimum Gasteiger partial charge on any atom is -0.459 e. The molecule has 1 aliphatic carbocycles. The highest BCUT2D eigenvalue weighted by molar-refractivity contribution is 8.00. The predicted octanol–water partition coefficient (Wildman–Crippen LogP) is 3.87. The Labute approximate surface area is 130 Å². The van der Waals surface area contributed by atoms with Crippen LogP contribution < -0.4 is 0 Å². The van der Waals surface area contributed by atoms with E-state index in [0.29, 0.717) is 5.92 Å². The first kappa shape index (κ1) is 15.9. The van der Waals surface area contributed by atoms with Gasteiger partial charge in [0.15, 0.2) is 0 Å². The van der Waals surface area contributed by atoms with E-state index < -0.39 is 0 Å². The Bertz CT molecular complexity index is 603. The molecular weight excluding hydrogens is 284 g/mol. The molecule has 5 heteroatoms. The van der Waals surface area contributed by atoms with Gasteiger partial charge in [0.2, 0.25) is 0 Å². The molecular formula is C16H22N2O2S. The lowest BCUT2D eigenvalue weighted by molar-refractivity contribution is -0.142. The molecule has 0 fully saturated rings. The van der Waals surface area contributed by atoms with Gasteiger partial charge in [-0.25, -0.2) is 4.98 Å². The van der Waals surface area contributed by atoms with Gasteiger partial charge in [-0.3, -0.25) is 4.79 Å². The quantitative estimate of drug-likeness (QED) is 0.858. The van der Waals surface area contributed by atoms with E-state index in [1.54, 1.807) is 18.1 Å². The van der Waals surface area contributed by atoms with E-state index in [1.807, 2.05) is 0 Å². The van der Waals surface area contributed by atoms with Crippen molar-refractivity contribution in [1.29, 1.82) is 0 Å². The second-order valence-corrected chi connectivity index (χ2v) is 7.22. The lowest BCUT2D eigenvalue weighted by Gasteiger charge is -2.36. The first-order chi connectivity index (χ1) is 9.82. The summed E-state index contributed by atoms with van der Waals surface area (Å²) in [5.74, 6) is 0.136. The Balaban J connectivity index is 2.20. The van der Waals surface area contributed by atoms with Gasteiger partial charge in [0.1, 0.15) is 11.6 Å². The fraction of sp³-hybridized carbons (Fsp3) is 0.500. The SMILES string of the molecule is CC(=O)OCc1[nH]cnc1SC1(C)C=C(C)C=C(C)C1C. The van der Waals surface area contributed by atoms with Crippen LogP contribution >= 0.6 is 11.8 Å². The molecule has 0 aromatic carbocycles. The molecule has 114 valence electrons. The zero-order valence-electron chi connectivity index (χ0n) is 13.2. The van der Waals surface area contributed by atoms with Gasteiger partial charge in [0.05, 0.1) is 12.0 Å². The highest BCUT2D eigenvalue weighted by Gasteiger charge is 2.35. The van der Waals surface area contributed by atoms with E-state index in [9.17, 15) is 4.79 Å². The second-order valence-electron chi connectivity index (χ2n) is 5.75. The van der Waals surface area contributed by atoms with Crippen molar-refractivity contribution in [3.05, 3.63) is 35.3 Å². The highest BCUT2D eigenvalue weighted by Crippen LogP contribution is 2.45. The maximum absolute atomic E-state index is 11.0. The molecule has 0 radical (unpaired) electrons. The summed E-state index contributed by atoms with van der Waals surface area (Å²) in [5.41, 5.74) is 3.50. The first-order valence-corrected chi connectivity index (χ1v) is 7.86. The summed E-state index contributed by atoms with van der Waals surface area (Å²) >= 11 is 1.72. The number of allylic oxidation sites excluding steroid dienone is 3. The molecule has 1 N–H and O–H groups in total. The third-order valence-electron chi connectivity index (χ3n) is 3.93. The summed E-state index contributed by atoms with van der Waals surface area (Å²) in [6, 6.07) is 0. The molecule has 1 aliphatic rings. The average molecular weight is 306 g/mol. The van der Waals surface area contributed by atoms with Crippen LogP contribution in [0.5, 0.6) is 0 Å². The number of esters is 1. The largest absolute Gasteiger partial charge is 0.459 e. The number of thioether (sulfide) groups is 1. The van der Waals surface area contributed by atoms with Gasteiger partial charge in [0.25, 0.3) is 0 Å². The van der Waals surface area contributed by atoms with Crippen LogP contribution in [-0.4, -0.2) is 20.7 Å². The monoisotopic (exact) mass is 306 g/mol. The molecule has 0 saturated heterocycles. The predicted molar refractivity (Wildman–Crippen MR) is 85.0 cm³/mol. The van der Waals surface area contributed by atoms with Crippen LogP contribution in [-0.2, 0) is 16.1 Å². The minimum absolute atomic E-state index is 0.0525. The fourth-order valence-corrected chi connectivity index (χ4v) is 3.93. The maximum atomic E-state index is 11.0. The summed E-state index contributed by atoms with van der Waals surface area (Å²) in [7, 11) is 0. The first-order valence-electron chi connectivity index (χ1n) is 7.04. The van der Waals surface area contributed by atoms with Crippen LogP contribution in [0.3, 0.4) is 0 Å². The number of nitrogens with one attached hydrogen (secondary N) is 1. The molecule has 0 aliphatic heterocycles. The Morgan fingerprint density at radius 3 is 2.90 bits per heavy atom. The second kappa shape index (κ2) is 6.10. The third-order valence-corrected chi connectivity index (χ3v) is 5.38. The number of imidazole rings is 1. The summed E-state index contributed by atoms with van der Waals surface area (Å²) < 4.78 is 5.02. The van der Waals surface area contributed by atoms with Gasteiger partial charge in [-0.1, -0.05) is 42.0 Å². The van der Waals surface area contributed by atoms with E-state index in [1.165, 1.54) is 18.1 Å². The topological polar surface area (TPSA) is 55.0 Å². The number of hydrogen-bond donors (Lipinski definition) is 1. The lowest BCUT2D eigenvalue weighted by atomic mass is 9.82. The zero-order valence-corrected chi connectivity index (χ0v) is 14.0. The summed E-state index contributed by atoms with van der Waals surface area (Å²) in [6.07, 6.45) is 6.17. The molecule has 0 spiro atoms. The number of ether oxygens (including phenoxy) is 1. The molecule has 0 amide bonds. The molecule has 0 saturated carbocycles. The molecule has 2 unspecified atom stereocenters. The van der Waals surface area contributed by atoms with Crippen LogP contribution in [0.4, 0.5) is 0 Å². The van der Waals surface area contributed by atoms with Crippen molar-refractivity contribution in [2.24, 2.45) is 5.92 Å². The van der Waals surface area contributed by atoms with Crippen molar-refractivity contribution in [3.63, 3.8) is 0 Å². The van der Waals surface area contributed by atoms with Gasteiger partial charge in [-0.15, -0.1) is 0 Å². The molecule has 1 aromatic heterocycles. The maximum Gasteiger partial charge on any atom is 0.303 e. The Morgan fingerprint density at radius 2 is 2.24 bits per heavy atom. The fourth-order valence-electron chi connectivity index (χ4n) is 2.55. The van der Waals surface area contributed by atoms with Crippen LogP contribution in [0, 0.1) is 5.92 Å². The van der Waals surface area contributed by atoms with E-state index in [4.69, 9.17) is 4.74 Å². The number of aromatic nitrogens is 2. The number of aromatic amines is 1. The van der Waals surface area contributed by atoms with Crippen molar-refractivity contribution >= 4 is 17.7 Å². The van der Waals surface area contributed by atoms with Crippen LogP contribution in [0.25, 0.3) is 0 Å². The Morgan fingerprint density at radius 1 is 1.52 bits per heavy atom. The van der Waals surface area contributed by atoms with Crippen LogP contribution in [0.2, 0.25) is 0 Å². The van der Waals surface area contributed by atoms with Crippen molar-refractivity contribution in [1.82, 2.24) is 9.97 Å². The number of hydrogen-bond acceptors (Lipinski definition) is 4. The van der Waals surface area contributed by atoms with Gasteiger partial charge in [-0.2, -0.15) is 0 Å². The molecule has 1 heterocycles. The summed E-state index contributed by atoms with van der Waals surface area (Å²) in [4.78, 5) is 18.4. The number of nitrogens with zero attached hydrogens (tertiary/aromatic N) is 1. The van der Waals surface area contributed by atoms with Crippen molar-refractivity contribution in [2.45, 2.75) is 51.0 Å².